The van der Waals surface area contributed by atoms with Crippen LogP contribution in [0.4, 0.5) is 0 Å². The van der Waals surface area contributed by atoms with E-state index in [2.05, 4.69) is 0 Å². The summed E-state index contributed by atoms with van der Waals surface area (Å²) in [6, 6.07) is 0. The van der Waals surface area contributed by atoms with Gasteiger partial charge >= 0.3 is 11.9 Å². The fraction of sp³-hybridized carbons (Fsp3) is 0.364. The zero-order chi connectivity index (χ0) is 12.1. The molecule has 16 heavy (non-hydrogen) atoms. The van der Waals surface area contributed by atoms with E-state index in [1.54, 1.807) is 6.08 Å². The van der Waals surface area contributed by atoms with Crippen molar-refractivity contribution < 1.29 is 24.9 Å². The largest absolute Gasteiger partial charge is 0.511 e. The molecule has 0 aromatic carbocycles. The van der Waals surface area contributed by atoms with Crippen LogP contribution in [0.25, 0.3) is 0 Å². The van der Waals surface area contributed by atoms with E-state index >= 15 is 0 Å². The molecule has 87 valence electrons. The van der Waals surface area contributed by atoms with Gasteiger partial charge in [0.2, 0.25) is 0 Å². The van der Waals surface area contributed by atoms with Gasteiger partial charge in [0.15, 0.2) is 0 Å². The summed E-state index contributed by atoms with van der Waals surface area (Å²) in [5, 5.41) is 26.8. The van der Waals surface area contributed by atoms with Crippen LogP contribution in [0.2, 0.25) is 0 Å². The third-order valence-corrected chi connectivity index (χ3v) is 2.30. The topological polar surface area (TPSA) is 94.8 Å². The third kappa shape index (κ3) is 3.12. The van der Waals surface area contributed by atoms with Crippen molar-refractivity contribution in [2.75, 3.05) is 0 Å². The average molecular weight is 225 g/mol. The van der Waals surface area contributed by atoms with Gasteiger partial charge < -0.3 is 15.3 Å². The van der Waals surface area contributed by atoms with Crippen LogP contribution in [0.1, 0.15) is 25.7 Å². The Morgan fingerprint density at radius 2 is 2.00 bits per heavy atom. The van der Waals surface area contributed by atoms with Gasteiger partial charge in [0, 0.05) is 12.8 Å². The summed E-state index contributed by atoms with van der Waals surface area (Å²) < 4.78 is 0. The molecule has 0 bridgehead atoms. The van der Waals surface area contributed by atoms with Crippen LogP contribution in [0.5, 0.6) is 0 Å². The van der Waals surface area contributed by atoms with Gasteiger partial charge in [-0.15, -0.1) is 0 Å². The van der Waals surface area contributed by atoms with Crippen LogP contribution < -0.4 is 0 Å². The molecule has 1 radical (unpaired) electrons. The number of rotatable bonds is 5. The minimum Gasteiger partial charge on any atom is -0.511 e. The Kier molecular flexibility index (Phi) is 4.10. The lowest BCUT2D eigenvalue weighted by Crippen LogP contribution is -2.11. The van der Waals surface area contributed by atoms with Gasteiger partial charge in [0.1, 0.15) is 11.3 Å². The second-order valence-corrected chi connectivity index (χ2v) is 3.48. The van der Waals surface area contributed by atoms with E-state index in [9.17, 15) is 14.7 Å². The van der Waals surface area contributed by atoms with Crippen LogP contribution >= 0.6 is 0 Å². The Hall–Kier alpha value is -1.78. The molecule has 1 aliphatic rings. The smallest absolute Gasteiger partial charge is 0.339 e. The van der Waals surface area contributed by atoms with Crippen LogP contribution in [0.15, 0.2) is 23.0 Å². The Bertz CT molecular complexity index is 365. The molecule has 0 aliphatic heterocycles. The van der Waals surface area contributed by atoms with Crippen molar-refractivity contribution in [2.45, 2.75) is 25.7 Å². The van der Waals surface area contributed by atoms with Crippen molar-refractivity contribution in [1.82, 2.24) is 0 Å². The number of allylic oxidation sites excluding steroid dienone is 2. The second-order valence-electron chi connectivity index (χ2n) is 3.48. The summed E-state index contributed by atoms with van der Waals surface area (Å²) in [5.74, 6) is -2.33. The van der Waals surface area contributed by atoms with Crippen LogP contribution in [0, 0.1) is 6.42 Å². The molecule has 0 aromatic rings. The Balaban J connectivity index is 2.67. The number of carboxylic acids is 2. The molecule has 3 N–H and O–H groups in total. The second kappa shape index (κ2) is 5.34. The molecule has 0 unspecified atom stereocenters. The number of aliphatic hydroxyl groups is 1. The van der Waals surface area contributed by atoms with E-state index in [1.807, 2.05) is 0 Å². The van der Waals surface area contributed by atoms with Gasteiger partial charge in [0.05, 0.1) is 0 Å². The molecule has 0 heterocycles. The standard InChI is InChI=1S/C11H13O5/c12-8-5-1-3-7(10(8)11(15)16)4-2-6-9(13)14/h3,5,12H,1-2,4,6H2,(H,13,14)(H,15,16). The first kappa shape index (κ1) is 12.3. The maximum Gasteiger partial charge on any atom is 0.339 e. The van der Waals surface area contributed by atoms with E-state index < -0.39 is 11.9 Å². The number of aliphatic hydroxyl groups excluding tert-OH is 1. The summed E-state index contributed by atoms with van der Waals surface area (Å²) in [6.07, 6.45) is 4.31. The zero-order valence-corrected chi connectivity index (χ0v) is 8.64. The molecular weight excluding hydrogens is 212 g/mol. The summed E-state index contributed by atoms with van der Waals surface area (Å²) in [4.78, 5) is 21.2. The highest BCUT2D eigenvalue weighted by Gasteiger charge is 2.21. The summed E-state index contributed by atoms with van der Waals surface area (Å²) in [5.41, 5.74) is 0.394. The molecule has 5 heteroatoms. The Labute approximate surface area is 92.7 Å². The summed E-state index contributed by atoms with van der Waals surface area (Å²) >= 11 is 0. The van der Waals surface area contributed by atoms with Crippen molar-refractivity contribution in [2.24, 2.45) is 0 Å². The van der Waals surface area contributed by atoms with Gasteiger partial charge in [0.25, 0.3) is 0 Å². The fourth-order valence-corrected chi connectivity index (χ4v) is 1.59. The van der Waals surface area contributed by atoms with E-state index in [4.69, 9.17) is 10.2 Å². The zero-order valence-electron chi connectivity index (χ0n) is 8.64. The van der Waals surface area contributed by atoms with E-state index in [1.165, 1.54) is 6.42 Å². The molecule has 0 spiro atoms. The molecule has 0 atom stereocenters. The minimum absolute atomic E-state index is 0.00524. The summed E-state index contributed by atoms with van der Waals surface area (Å²) in [7, 11) is 0. The van der Waals surface area contributed by atoms with Crippen LogP contribution in [-0.2, 0) is 9.59 Å². The first-order chi connectivity index (χ1) is 7.52. The molecule has 1 rings (SSSR count). The number of hydrogen-bond acceptors (Lipinski definition) is 3. The molecule has 1 aliphatic carbocycles. The van der Waals surface area contributed by atoms with Crippen molar-refractivity contribution in [3.8, 4) is 0 Å². The van der Waals surface area contributed by atoms with Crippen molar-refractivity contribution in [3.05, 3.63) is 29.4 Å². The van der Waals surface area contributed by atoms with E-state index in [0.29, 0.717) is 24.8 Å². The molecule has 0 fully saturated rings. The predicted molar refractivity (Wildman–Crippen MR) is 55.8 cm³/mol. The average Bonchev–Trinajstić information content (AvgIpc) is 2.16. The molecule has 0 saturated carbocycles. The maximum absolute atomic E-state index is 10.9. The maximum atomic E-state index is 10.9. The Morgan fingerprint density at radius 1 is 1.31 bits per heavy atom. The van der Waals surface area contributed by atoms with E-state index in [-0.39, 0.29) is 17.8 Å². The molecule has 0 aromatic heterocycles. The number of hydrogen-bond donors (Lipinski definition) is 3. The lowest BCUT2D eigenvalue weighted by molar-refractivity contribution is -0.137. The first-order valence-electron chi connectivity index (χ1n) is 4.93. The molecule has 0 saturated heterocycles. The van der Waals surface area contributed by atoms with Gasteiger partial charge in [-0.05, 0) is 24.8 Å². The van der Waals surface area contributed by atoms with E-state index in [0.717, 1.165) is 0 Å². The van der Waals surface area contributed by atoms with Gasteiger partial charge in [-0.25, -0.2) is 4.79 Å². The molecule has 5 nitrogen and oxygen atoms in total. The number of carbonyl (C=O) groups is 2. The lowest BCUT2D eigenvalue weighted by atomic mass is 9.92. The SMILES string of the molecule is O=C(O)CCCC1=CC[CH]C(O)=C1C(=O)O. The number of carboxylic acid groups (broad SMARTS) is 2. The van der Waals surface area contributed by atoms with Crippen molar-refractivity contribution in [1.29, 1.82) is 0 Å². The monoisotopic (exact) mass is 225 g/mol. The fourth-order valence-electron chi connectivity index (χ4n) is 1.59. The van der Waals surface area contributed by atoms with Crippen LogP contribution in [-0.4, -0.2) is 27.3 Å². The predicted octanol–water partition coefficient (Wildman–Crippen LogP) is 1.67. The quantitative estimate of drug-likeness (QED) is 0.661. The van der Waals surface area contributed by atoms with Crippen molar-refractivity contribution >= 4 is 11.9 Å². The molecule has 0 amide bonds. The van der Waals surface area contributed by atoms with Crippen LogP contribution in [0.3, 0.4) is 0 Å². The lowest BCUT2D eigenvalue weighted by Gasteiger charge is -2.14. The first-order valence-corrected chi connectivity index (χ1v) is 4.93. The normalized spacial score (nSPS) is 15.9. The Morgan fingerprint density at radius 3 is 2.56 bits per heavy atom. The van der Waals surface area contributed by atoms with Gasteiger partial charge in [-0.3, -0.25) is 4.79 Å². The highest BCUT2D eigenvalue weighted by Crippen LogP contribution is 2.26. The molecular formula is C11H13O5. The van der Waals surface area contributed by atoms with Gasteiger partial charge in [-0.1, -0.05) is 6.08 Å². The van der Waals surface area contributed by atoms with Crippen molar-refractivity contribution in [3.63, 3.8) is 0 Å². The van der Waals surface area contributed by atoms with Gasteiger partial charge in [-0.2, -0.15) is 0 Å². The third-order valence-electron chi connectivity index (χ3n) is 2.30. The highest BCUT2D eigenvalue weighted by atomic mass is 16.4. The summed E-state index contributed by atoms with van der Waals surface area (Å²) in [6.45, 7) is 0. The minimum atomic E-state index is -1.19. The highest BCUT2D eigenvalue weighted by molar-refractivity contribution is 5.93. The number of aliphatic carboxylic acids is 2.